The monoisotopic (exact) mass is 354 g/mol. The molecule has 25 heavy (non-hydrogen) atoms. The van der Waals surface area contributed by atoms with Crippen LogP contribution in [0.25, 0.3) is 10.7 Å². The van der Waals surface area contributed by atoms with Gasteiger partial charge < -0.3 is 15.2 Å². The quantitative estimate of drug-likeness (QED) is 0.751. The Morgan fingerprint density at radius 1 is 1.24 bits per heavy atom. The number of amides is 1. The van der Waals surface area contributed by atoms with Crippen LogP contribution in [0.3, 0.4) is 0 Å². The van der Waals surface area contributed by atoms with E-state index in [-0.39, 0.29) is 11.9 Å². The van der Waals surface area contributed by atoms with E-state index in [1.54, 1.807) is 17.9 Å². The average molecular weight is 354 g/mol. The van der Waals surface area contributed by atoms with Gasteiger partial charge in [0.1, 0.15) is 10.7 Å². The number of nitrogens with one attached hydrogen (secondary N) is 2. The molecular formula is C17H18N6OS. The molecule has 128 valence electrons. The van der Waals surface area contributed by atoms with Crippen LogP contribution in [-0.4, -0.2) is 45.0 Å². The van der Waals surface area contributed by atoms with Crippen LogP contribution in [0.2, 0.25) is 0 Å². The van der Waals surface area contributed by atoms with E-state index in [9.17, 15) is 4.79 Å². The molecule has 1 amide bonds. The third-order valence-electron chi connectivity index (χ3n) is 4.32. The Morgan fingerprint density at radius 3 is 2.76 bits per heavy atom. The van der Waals surface area contributed by atoms with Crippen molar-refractivity contribution in [3.8, 4) is 10.7 Å². The zero-order valence-electron chi connectivity index (χ0n) is 13.6. The number of hydrogen-bond acceptors (Lipinski definition) is 6. The summed E-state index contributed by atoms with van der Waals surface area (Å²) in [5.41, 5.74) is 2.48. The van der Waals surface area contributed by atoms with Gasteiger partial charge in [-0.3, -0.25) is 9.78 Å². The molecule has 0 bridgehead atoms. The third-order valence-corrected chi connectivity index (χ3v) is 5.20. The molecule has 4 heterocycles. The van der Waals surface area contributed by atoms with Gasteiger partial charge in [0.2, 0.25) is 0 Å². The minimum Gasteiger partial charge on any atom is -0.371 e. The van der Waals surface area contributed by atoms with Crippen LogP contribution in [0.5, 0.6) is 0 Å². The van der Waals surface area contributed by atoms with Gasteiger partial charge in [0.25, 0.3) is 5.91 Å². The number of pyridine rings is 1. The van der Waals surface area contributed by atoms with Crippen LogP contribution in [0.4, 0.5) is 5.69 Å². The van der Waals surface area contributed by atoms with Gasteiger partial charge in [0, 0.05) is 42.6 Å². The normalized spacial score (nSPS) is 15.3. The Bertz CT molecular complexity index is 824. The van der Waals surface area contributed by atoms with Crippen LogP contribution >= 0.6 is 11.3 Å². The number of imidazole rings is 1. The smallest absolute Gasteiger partial charge is 0.270 e. The molecular weight excluding hydrogens is 336 g/mol. The number of piperidine rings is 1. The minimum absolute atomic E-state index is 0.107. The molecule has 1 aliphatic rings. The summed E-state index contributed by atoms with van der Waals surface area (Å²) in [5.74, 6) is -0.107. The van der Waals surface area contributed by atoms with E-state index in [0.29, 0.717) is 5.69 Å². The standard InChI is InChI=1S/C17H18N6OS/c24-16(15-10-25-17(22-15)14-9-19-11-20-14)21-12-3-7-23(8-4-12)13-1-5-18-6-2-13/h1-2,5-6,9-12H,3-4,7-8H2,(H,19,20)(H,21,24). The first kappa shape index (κ1) is 15.8. The van der Waals surface area contributed by atoms with Gasteiger partial charge in [0.15, 0.2) is 0 Å². The highest BCUT2D eigenvalue weighted by molar-refractivity contribution is 7.13. The molecule has 0 radical (unpaired) electrons. The lowest BCUT2D eigenvalue weighted by Crippen LogP contribution is -2.44. The average Bonchev–Trinajstić information content (AvgIpc) is 3.35. The highest BCUT2D eigenvalue weighted by Crippen LogP contribution is 2.22. The number of aromatic nitrogens is 4. The second-order valence-electron chi connectivity index (χ2n) is 5.94. The lowest BCUT2D eigenvalue weighted by Gasteiger charge is -2.33. The molecule has 2 N–H and O–H groups in total. The first-order valence-corrected chi connectivity index (χ1v) is 9.07. The minimum atomic E-state index is -0.107. The number of rotatable bonds is 4. The van der Waals surface area contributed by atoms with Crippen molar-refractivity contribution < 1.29 is 4.79 Å². The van der Waals surface area contributed by atoms with Crippen molar-refractivity contribution in [2.24, 2.45) is 0 Å². The number of hydrogen-bond donors (Lipinski definition) is 2. The zero-order valence-corrected chi connectivity index (χ0v) is 14.4. The molecule has 8 heteroatoms. The fourth-order valence-corrected chi connectivity index (χ4v) is 3.74. The maximum absolute atomic E-state index is 12.4. The molecule has 1 saturated heterocycles. The molecule has 0 aromatic carbocycles. The molecule has 0 unspecified atom stereocenters. The van der Waals surface area contributed by atoms with Crippen LogP contribution in [0.15, 0.2) is 42.4 Å². The second kappa shape index (κ2) is 7.02. The van der Waals surface area contributed by atoms with Crippen molar-refractivity contribution in [2.75, 3.05) is 18.0 Å². The van der Waals surface area contributed by atoms with Crippen molar-refractivity contribution in [1.29, 1.82) is 0 Å². The number of nitrogens with zero attached hydrogens (tertiary/aromatic N) is 4. The molecule has 1 aliphatic heterocycles. The first-order chi connectivity index (χ1) is 12.3. The number of carbonyl (C=O) groups excluding carboxylic acids is 1. The number of aromatic amines is 1. The topological polar surface area (TPSA) is 86.8 Å². The first-order valence-electron chi connectivity index (χ1n) is 8.20. The largest absolute Gasteiger partial charge is 0.371 e. The van der Waals surface area contributed by atoms with Crippen LogP contribution in [-0.2, 0) is 0 Å². The van der Waals surface area contributed by atoms with Gasteiger partial charge in [0.05, 0.1) is 18.2 Å². The van der Waals surface area contributed by atoms with Crippen LogP contribution in [0, 0.1) is 0 Å². The highest BCUT2D eigenvalue weighted by atomic mass is 32.1. The van der Waals surface area contributed by atoms with Crippen molar-refractivity contribution in [3.63, 3.8) is 0 Å². The lowest BCUT2D eigenvalue weighted by atomic mass is 10.0. The van der Waals surface area contributed by atoms with Crippen molar-refractivity contribution in [3.05, 3.63) is 48.1 Å². The van der Waals surface area contributed by atoms with Gasteiger partial charge >= 0.3 is 0 Å². The summed E-state index contributed by atoms with van der Waals surface area (Å²) in [7, 11) is 0. The van der Waals surface area contributed by atoms with E-state index >= 15 is 0 Å². The van der Waals surface area contributed by atoms with Crippen molar-refractivity contribution in [2.45, 2.75) is 18.9 Å². The molecule has 3 aromatic heterocycles. The van der Waals surface area contributed by atoms with Gasteiger partial charge in [-0.2, -0.15) is 0 Å². The summed E-state index contributed by atoms with van der Waals surface area (Å²) in [6, 6.07) is 4.22. The van der Waals surface area contributed by atoms with Crippen LogP contribution in [0.1, 0.15) is 23.3 Å². The Morgan fingerprint density at radius 2 is 2.04 bits per heavy atom. The fraction of sp³-hybridized carbons (Fsp3) is 0.294. The number of H-pyrrole nitrogens is 1. The molecule has 0 saturated carbocycles. The summed E-state index contributed by atoms with van der Waals surface area (Å²) >= 11 is 1.44. The Labute approximate surface area is 149 Å². The number of thiazole rings is 1. The Hall–Kier alpha value is -2.74. The predicted molar refractivity (Wildman–Crippen MR) is 96.6 cm³/mol. The Balaban J connectivity index is 1.33. The maximum Gasteiger partial charge on any atom is 0.270 e. The van der Waals surface area contributed by atoms with Crippen molar-refractivity contribution in [1.82, 2.24) is 25.3 Å². The molecule has 3 aromatic rings. The lowest BCUT2D eigenvalue weighted by molar-refractivity contribution is 0.0927. The molecule has 0 atom stereocenters. The second-order valence-corrected chi connectivity index (χ2v) is 6.80. The summed E-state index contributed by atoms with van der Waals surface area (Å²) < 4.78 is 0. The van der Waals surface area contributed by atoms with Gasteiger partial charge in [-0.1, -0.05) is 0 Å². The maximum atomic E-state index is 12.4. The summed E-state index contributed by atoms with van der Waals surface area (Å²) in [5, 5.41) is 5.67. The van der Waals surface area contributed by atoms with Crippen molar-refractivity contribution >= 4 is 22.9 Å². The van der Waals surface area contributed by atoms with E-state index in [1.807, 2.05) is 24.5 Å². The number of carbonyl (C=O) groups is 1. The van der Waals surface area contributed by atoms with E-state index in [1.165, 1.54) is 17.0 Å². The molecule has 4 rings (SSSR count). The predicted octanol–water partition coefficient (Wildman–Crippen LogP) is 2.33. The molecule has 7 nitrogen and oxygen atoms in total. The van der Waals surface area contributed by atoms with Gasteiger partial charge in [-0.05, 0) is 25.0 Å². The van der Waals surface area contributed by atoms with Gasteiger partial charge in [-0.15, -0.1) is 11.3 Å². The van der Waals surface area contributed by atoms with E-state index in [2.05, 4.69) is 30.2 Å². The summed E-state index contributed by atoms with van der Waals surface area (Å²) in [6.07, 6.45) is 8.77. The van der Waals surface area contributed by atoms with Gasteiger partial charge in [-0.25, -0.2) is 9.97 Å². The fourth-order valence-electron chi connectivity index (χ4n) is 2.97. The third kappa shape index (κ3) is 3.53. The van der Waals surface area contributed by atoms with Crippen LogP contribution < -0.4 is 10.2 Å². The molecule has 0 spiro atoms. The number of anilines is 1. The molecule has 0 aliphatic carbocycles. The van der Waals surface area contributed by atoms with E-state index < -0.39 is 0 Å². The van der Waals surface area contributed by atoms with E-state index in [0.717, 1.165) is 36.6 Å². The zero-order chi connectivity index (χ0) is 17.1. The highest BCUT2D eigenvalue weighted by Gasteiger charge is 2.22. The molecule has 1 fully saturated rings. The summed E-state index contributed by atoms with van der Waals surface area (Å²) in [6.45, 7) is 1.84. The van der Waals surface area contributed by atoms with E-state index in [4.69, 9.17) is 0 Å². The Kier molecular flexibility index (Phi) is 4.43. The SMILES string of the molecule is O=C(NC1CCN(c2ccncc2)CC1)c1csc(-c2cnc[nH]2)n1. The summed E-state index contributed by atoms with van der Waals surface area (Å²) in [4.78, 5) is 30.2.